The molecule has 1 nitrogen and oxygen atoms in total. The zero-order valence-corrected chi connectivity index (χ0v) is 12.3. The normalized spacial score (nSPS) is 23.7. The summed E-state index contributed by atoms with van der Waals surface area (Å²) >= 11 is 2.18. The highest BCUT2D eigenvalue weighted by atomic mass is 32.2. The molecule has 0 aromatic heterocycles. The number of thioether (sulfide) groups is 1. The summed E-state index contributed by atoms with van der Waals surface area (Å²) in [5.74, 6) is 0. The van der Waals surface area contributed by atoms with Crippen LogP contribution in [0.1, 0.15) is 34.8 Å². The third kappa shape index (κ3) is 1.90. The van der Waals surface area contributed by atoms with E-state index in [1.54, 1.807) is 5.56 Å². The molecule has 20 heavy (non-hydrogen) atoms. The molecular formula is C18H19NS. The average Bonchev–Trinajstić information content (AvgIpc) is 2.84. The van der Waals surface area contributed by atoms with Gasteiger partial charge in [0.05, 0.1) is 5.25 Å². The van der Waals surface area contributed by atoms with Gasteiger partial charge in [-0.1, -0.05) is 54.6 Å². The number of nitrogens with one attached hydrogen (secondary N) is 1. The van der Waals surface area contributed by atoms with Gasteiger partial charge in [0.1, 0.15) is 0 Å². The fraction of sp³-hybridized carbons (Fsp3) is 0.333. The number of rotatable bonds is 1. The fourth-order valence-electron chi connectivity index (χ4n) is 3.59. The second kappa shape index (κ2) is 4.94. The molecular weight excluding hydrogens is 262 g/mol. The lowest BCUT2D eigenvalue weighted by Gasteiger charge is -2.34. The highest BCUT2D eigenvalue weighted by Crippen LogP contribution is 2.60. The Hall–Kier alpha value is -1.25. The smallest absolute Gasteiger partial charge is 0.0558 e. The van der Waals surface area contributed by atoms with Crippen molar-refractivity contribution in [2.75, 3.05) is 13.1 Å². The molecule has 2 aromatic carbocycles. The lowest BCUT2D eigenvalue weighted by Crippen LogP contribution is -2.36. The van der Waals surface area contributed by atoms with Crippen LogP contribution in [-0.4, -0.2) is 13.1 Å². The van der Waals surface area contributed by atoms with E-state index >= 15 is 0 Å². The van der Waals surface area contributed by atoms with Crippen molar-refractivity contribution in [3.05, 3.63) is 71.3 Å². The van der Waals surface area contributed by atoms with Gasteiger partial charge in [0, 0.05) is 4.75 Å². The molecule has 0 amide bonds. The highest BCUT2D eigenvalue weighted by molar-refractivity contribution is 8.01. The van der Waals surface area contributed by atoms with Crippen molar-refractivity contribution >= 4 is 11.8 Å². The minimum absolute atomic E-state index is 0.336. The molecule has 2 aliphatic heterocycles. The Morgan fingerprint density at radius 3 is 2.40 bits per heavy atom. The van der Waals surface area contributed by atoms with Crippen LogP contribution in [0.5, 0.6) is 0 Å². The van der Waals surface area contributed by atoms with Crippen LogP contribution in [0, 0.1) is 0 Å². The molecule has 2 aromatic rings. The molecule has 0 radical (unpaired) electrons. The summed E-state index contributed by atoms with van der Waals surface area (Å²) in [6.45, 7) is 2.28. The van der Waals surface area contributed by atoms with E-state index in [0.717, 1.165) is 13.1 Å². The minimum atomic E-state index is 0.336. The number of fused-ring (bicyclic) bond motifs is 2. The average molecular weight is 281 g/mol. The molecule has 2 heteroatoms. The van der Waals surface area contributed by atoms with Crippen LogP contribution in [0.3, 0.4) is 0 Å². The monoisotopic (exact) mass is 281 g/mol. The van der Waals surface area contributed by atoms with Crippen molar-refractivity contribution < 1.29 is 0 Å². The van der Waals surface area contributed by atoms with Crippen molar-refractivity contribution in [3.63, 3.8) is 0 Å². The first-order chi connectivity index (χ1) is 9.89. The number of hydrogen-bond donors (Lipinski definition) is 1. The molecule has 1 saturated heterocycles. The number of piperidine rings is 1. The van der Waals surface area contributed by atoms with E-state index in [1.165, 1.54) is 24.0 Å². The van der Waals surface area contributed by atoms with Crippen LogP contribution in [0.4, 0.5) is 0 Å². The molecule has 1 atom stereocenters. The second-order valence-electron chi connectivity index (χ2n) is 5.74. The standard InChI is InChI=1S/C18H19NS/c1-2-6-14(7-3-1)17-15-8-4-5-9-16(15)18(20-17)10-12-19-13-11-18/h1-9,17,19H,10-13H2/t17-/m1/s1. The topological polar surface area (TPSA) is 12.0 Å². The maximum atomic E-state index is 3.51. The van der Waals surface area contributed by atoms with Crippen LogP contribution in [0.15, 0.2) is 54.6 Å². The predicted molar refractivity (Wildman–Crippen MR) is 86.1 cm³/mol. The Labute approximate surface area is 124 Å². The molecule has 4 rings (SSSR count). The van der Waals surface area contributed by atoms with E-state index < -0.39 is 0 Å². The van der Waals surface area contributed by atoms with Gasteiger partial charge in [-0.2, -0.15) is 0 Å². The van der Waals surface area contributed by atoms with Crippen LogP contribution in [-0.2, 0) is 4.75 Å². The minimum Gasteiger partial charge on any atom is -0.317 e. The summed E-state index contributed by atoms with van der Waals surface area (Å²) in [7, 11) is 0. The molecule has 1 fully saturated rings. The van der Waals surface area contributed by atoms with Crippen molar-refractivity contribution in [3.8, 4) is 0 Å². The quantitative estimate of drug-likeness (QED) is 0.844. The summed E-state index contributed by atoms with van der Waals surface area (Å²) in [5, 5.41) is 4.01. The van der Waals surface area contributed by atoms with Gasteiger partial charge < -0.3 is 5.32 Å². The summed E-state index contributed by atoms with van der Waals surface area (Å²) in [4.78, 5) is 0. The summed E-state index contributed by atoms with van der Waals surface area (Å²) in [6, 6.07) is 20.1. The molecule has 2 heterocycles. The Balaban J connectivity index is 1.81. The molecule has 0 aliphatic carbocycles. The third-order valence-electron chi connectivity index (χ3n) is 4.59. The van der Waals surface area contributed by atoms with Crippen LogP contribution >= 0.6 is 11.8 Å². The maximum absolute atomic E-state index is 3.51. The van der Waals surface area contributed by atoms with Gasteiger partial charge in [-0.25, -0.2) is 0 Å². The van der Waals surface area contributed by atoms with Gasteiger partial charge in [0.25, 0.3) is 0 Å². The van der Waals surface area contributed by atoms with E-state index in [-0.39, 0.29) is 0 Å². The largest absolute Gasteiger partial charge is 0.317 e. The van der Waals surface area contributed by atoms with E-state index in [2.05, 4.69) is 71.7 Å². The Kier molecular flexibility index (Phi) is 3.08. The zero-order chi connectivity index (χ0) is 13.4. The van der Waals surface area contributed by atoms with Crippen molar-refractivity contribution in [1.29, 1.82) is 0 Å². The summed E-state index contributed by atoms with van der Waals surface area (Å²) in [6.07, 6.45) is 2.50. The van der Waals surface area contributed by atoms with Gasteiger partial charge in [-0.05, 0) is 42.6 Å². The van der Waals surface area contributed by atoms with E-state index in [4.69, 9.17) is 0 Å². The maximum Gasteiger partial charge on any atom is 0.0558 e. The van der Waals surface area contributed by atoms with E-state index in [9.17, 15) is 0 Å². The first-order valence-corrected chi connectivity index (χ1v) is 8.30. The molecule has 1 N–H and O–H groups in total. The van der Waals surface area contributed by atoms with Crippen molar-refractivity contribution in [2.45, 2.75) is 22.8 Å². The first-order valence-electron chi connectivity index (χ1n) is 7.42. The fourth-order valence-corrected chi connectivity index (χ4v) is 5.42. The highest BCUT2D eigenvalue weighted by Gasteiger charge is 2.45. The molecule has 1 spiro atoms. The predicted octanol–water partition coefficient (Wildman–Crippen LogP) is 4.10. The molecule has 0 saturated carbocycles. The Bertz CT molecular complexity index is 602. The van der Waals surface area contributed by atoms with Crippen LogP contribution in [0.25, 0.3) is 0 Å². The third-order valence-corrected chi connectivity index (χ3v) is 6.43. The van der Waals surface area contributed by atoms with Crippen molar-refractivity contribution in [2.24, 2.45) is 0 Å². The molecule has 102 valence electrons. The van der Waals surface area contributed by atoms with E-state index in [0.29, 0.717) is 10.00 Å². The lowest BCUT2D eigenvalue weighted by molar-refractivity contribution is 0.427. The summed E-state index contributed by atoms with van der Waals surface area (Å²) in [5.41, 5.74) is 4.56. The van der Waals surface area contributed by atoms with Gasteiger partial charge in [-0.3, -0.25) is 0 Å². The Morgan fingerprint density at radius 1 is 0.900 bits per heavy atom. The number of hydrogen-bond acceptors (Lipinski definition) is 2. The zero-order valence-electron chi connectivity index (χ0n) is 11.5. The SMILES string of the molecule is c1ccc([C@H]2SC3(CCNCC3)c3ccccc32)cc1. The first kappa shape index (κ1) is 12.5. The second-order valence-corrected chi connectivity index (χ2v) is 7.23. The van der Waals surface area contributed by atoms with Gasteiger partial charge in [0.2, 0.25) is 0 Å². The van der Waals surface area contributed by atoms with Crippen LogP contribution < -0.4 is 5.32 Å². The Morgan fingerprint density at radius 2 is 1.60 bits per heavy atom. The van der Waals surface area contributed by atoms with Gasteiger partial charge >= 0.3 is 0 Å². The van der Waals surface area contributed by atoms with E-state index in [1.807, 2.05) is 0 Å². The van der Waals surface area contributed by atoms with Crippen LogP contribution in [0.2, 0.25) is 0 Å². The lowest BCUT2D eigenvalue weighted by atomic mass is 9.85. The van der Waals surface area contributed by atoms with Gasteiger partial charge in [0.15, 0.2) is 0 Å². The molecule has 0 unspecified atom stereocenters. The molecule has 2 aliphatic rings. The molecule has 0 bridgehead atoms. The van der Waals surface area contributed by atoms with Gasteiger partial charge in [-0.15, -0.1) is 11.8 Å². The van der Waals surface area contributed by atoms with Crippen molar-refractivity contribution in [1.82, 2.24) is 5.32 Å². The number of benzene rings is 2. The summed E-state index contributed by atoms with van der Waals surface area (Å²) < 4.78 is 0.336.